The molecule has 1 aliphatic heterocycles. The number of carboxylic acid groups (broad SMARTS) is 1. The minimum Gasteiger partial charge on any atom is -0.504 e. The largest absolute Gasteiger partial charge is 0.504 e. The minimum absolute atomic E-state index is 0.0398. The van der Waals surface area contributed by atoms with Crippen molar-refractivity contribution in [2.75, 3.05) is 13.9 Å². The highest BCUT2D eigenvalue weighted by atomic mass is 16.7. The molecule has 1 heterocycles. The number of carboxylic acids is 1. The molecule has 6 heteroatoms. The number of para-hydroxylation sites is 1. The third-order valence-corrected chi connectivity index (χ3v) is 3.82. The number of aromatic hydroxyl groups is 1. The van der Waals surface area contributed by atoms with Crippen molar-refractivity contribution >= 4 is 5.97 Å². The molecule has 23 heavy (non-hydrogen) atoms. The van der Waals surface area contributed by atoms with Crippen LogP contribution in [-0.2, 0) is 11.2 Å². The molecule has 0 spiro atoms. The number of hydrogen-bond donors (Lipinski definition) is 2. The first kappa shape index (κ1) is 15.0. The summed E-state index contributed by atoms with van der Waals surface area (Å²) in [5, 5.41) is 19.7. The van der Waals surface area contributed by atoms with Gasteiger partial charge in [0.25, 0.3) is 0 Å². The third kappa shape index (κ3) is 2.88. The molecule has 1 atom stereocenters. The molecule has 0 saturated heterocycles. The van der Waals surface area contributed by atoms with Crippen LogP contribution >= 0.6 is 0 Å². The van der Waals surface area contributed by atoms with E-state index >= 15 is 0 Å². The quantitative estimate of drug-likeness (QED) is 0.882. The summed E-state index contributed by atoms with van der Waals surface area (Å²) >= 11 is 0. The number of aliphatic carboxylic acids is 1. The van der Waals surface area contributed by atoms with E-state index in [0.29, 0.717) is 28.4 Å². The van der Waals surface area contributed by atoms with Gasteiger partial charge in [0.15, 0.2) is 23.0 Å². The van der Waals surface area contributed by atoms with Crippen molar-refractivity contribution < 1.29 is 29.2 Å². The first-order valence-electron chi connectivity index (χ1n) is 7.07. The zero-order chi connectivity index (χ0) is 16.4. The molecule has 120 valence electrons. The van der Waals surface area contributed by atoms with Crippen LogP contribution in [-0.4, -0.2) is 30.1 Å². The van der Waals surface area contributed by atoms with Gasteiger partial charge in [-0.1, -0.05) is 18.2 Å². The van der Waals surface area contributed by atoms with Crippen LogP contribution in [0.15, 0.2) is 36.4 Å². The van der Waals surface area contributed by atoms with Gasteiger partial charge in [-0.15, -0.1) is 0 Å². The van der Waals surface area contributed by atoms with Crippen LogP contribution in [0, 0.1) is 0 Å². The highest BCUT2D eigenvalue weighted by molar-refractivity contribution is 5.77. The van der Waals surface area contributed by atoms with Gasteiger partial charge in [0.05, 0.1) is 13.0 Å². The number of phenolic OH excluding ortho intramolecular Hbond substituents is 1. The number of benzene rings is 2. The van der Waals surface area contributed by atoms with Crippen LogP contribution in [0.3, 0.4) is 0 Å². The number of ether oxygens (including phenoxy) is 3. The number of fused-ring (bicyclic) bond motifs is 1. The lowest BCUT2D eigenvalue weighted by molar-refractivity contribution is -0.138. The molecule has 2 aromatic rings. The van der Waals surface area contributed by atoms with Gasteiger partial charge in [-0.05, 0) is 35.7 Å². The van der Waals surface area contributed by atoms with Crippen molar-refractivity contribution in [3.05, 3.63) is 47.5 Å². The molecule has 0 fully saturated rings. The molecular formula is C17H16O6. The standard InChI is InChI=1S/C17H16O6/c1-21-14-4-2-3-11(16(14)18)7-12(17(19)20)10-5-6-13-15(8-10)23-9-22-13/h2-6,8,12,18H,7,9H2,1H3,(H,19,20). The van der Waals surface area contributed by atoms with Gasteiger partial charge in [0.2, 0.25) is 6.79 Å². The van der Waals surface area contributed by atoms with E-state index in [4.69, 9.17) is 14.2 Å². The molecule has 3 rings (SSSR count). The van der Waals surface area contributed by atoms with Crippen molar-refractivity contribution in [1.29, 1.82) is 0 Å². The summed E-state index contributed by atoms with van der Waals surface area (Å²) < 4.78 is 15.6. The zero-order valence-electron chi connectivity index (χ0n) is 12.5. The van der Waals surface area contributed by atoms with Gasteiger partial charge < -0.3 is 24.4 Å². The van der Waals surface area contributed by atoms with Crippen LogP contribution in [0.2, 0.25) is 0 Å². The monoisotopic (exact) mass is 316 g/mol. The molecule has 2 N–H and O–H groups in total. The summed E-state index contributed by atoms with van der Waals surface area (Å²) in [4.78, 5) is 11.7. The number of phenols is 1. The van der Waals surface area contributed by atoms with Crippen LogP contribution < -0.4 is 14.2 Å². The van der Waals surface area contributed by atoms with Crippen molar-refractivity contribution in [2.45, 2.75) is 12.3 Å². The molecule has 1 unspecified atom stereocenters. The molecule has 0 aliphatic carbocycles. The summed E-state index contributed by atoms with van der Waals surface area (Å²) in [5.41, 5.74) is 1.10. The molecule has 0 bridgehead atoms. The summed E-state index contributed by atoms with van der Waals surface area (Å²) in [5.74, 6) is -0.390. The Kier molecular flexibility index (Phi) is 3.97. The summed E-state index contributed by atoms with van der Waals surface area (Å²) in [7, 11) is 1.45. The van der Waals surface area contributed by atoms with Crippen LogP contribution in [0.5, 0.6) is 23.0 Å². The van der Waals surface area contributed by atoms with Gasteiger partial charge >= 0.3 is 5.97 Å². The molecular weight excluding hydrogens is 300 g/mol. The highest BCUT2D eigenvalue weighted by Gasteiger charge is 2.25. The molecule has 0 saturated carbocycles. The second kappa shape index (κ2) is 6.08. The van der Waals surface area contributed by atoms with Crippen molar-refractivity contribution in [3.8, 4) is 23.0 Å². The predicted molar refractivity (Wildman–Crippen MR) is 81.3 cm³/mol. The topological polar surface area (TPSA) is 85.2 Å². The second-order valence-corrected chi connectivity index (χ2v) is 5.18. The van der Waals surface area contributed by atoms with Crippen LogP contribution in [0.1, 0.15) is 17.0 Å². The SMILES string of the molecule is COc1cccc(CC(C(=O)O)c2ccc3c(c2)OCO3)c1O. The van der Waals surface area contributed by atoms with Crippen molar-refractivity contribution in [1.82, 2.24) is 0 Å². The Morgan fingerprint density at radius 2 is 2.04 bits per heavy atom. The Hall–Kier alpha value is -2.89. The van der Waals surface area contributed by atoms with E-state index in [2.05, 4.69) is 0 Å². The Balaban J connectivity index is 1.93. The maximum atomic E-state index is 11.7. The zero-order valence-corrected chi connectivity index (χ0v) is 12.5. The third-order valence-electron chi connectivity index (χ3n) is 3.82. The lowest BCUT2D eigenvalue weighted by Crippen LogP contribution is -2.14. The van der Waals surface area contributed by atoms with E-state index in [9.17, 15) is 15.0 Å². The summed E-state index contributed by atoms with van der Waals surface area (Å²) in [6.45, 7) is 0.132. The lowest BCUT2D eigenvalue weighted by Gasteiger charge is -2.15. The van der Waals surface area contributed by atoms with Gasteiger partial charge in [0.1, 0.15) is 0 Å². The first-order valence-corrected chi connectivity index (χ1v) is 7.07. The molecule has 2 aromatic carbocycles. The number of methoxy groups -OCH3 is 1. The van der Waals surface area contributed by atoms with Gasteiger partial charge in [-0.25, -0.2) is 0 Å². The number of carbonyl (C=O) groups is 1. The summed E-state index contributed by atoms with van der Waals surface area (Å²) in [6, 6.07) is 10.1. The maximum absolute atomic E-state index is 11.7. The fraction of sp³-hybridized carbons (Fsp3) is 0.235. The van der Waals surface area contributed by atoms with E-state index in [0.717, 1.165) is 0 Å². The van der Waals surface area contributed by atoms with Crippen molar-refractivity contribution in [2.24, 2.45) is 0 Å². The smallest absolute Gasteiger partial charge is 0.311 e. The van der Waals surface area contributed by atoms with E-state index in [1.54, 1.807) is 36.4 Å². The van der Waals surface area contributed by atoms with Crippen molar-refractivity contribution in [3.63, 3.8) is 0 Å². The molecule has 6 nitrogen and oxygen atoms in total. The average molecular weight is 316 g/mol. The lowest BCUT2D eigenvalue weighted by atomic mass is 9.91. The minimum atomic E-state index is -0.980. The Morgan fingerprint density at radius 1 is 1.26 bits per heavy atom. The van der Waals surface area contributed by atoms with Crippen LogP contribution in [0.25, 0.3) is 0 Å². The first-order chi connectivity index (χ1) is 11.1. The Morgan fingerprint density at radius 3 is 2.78 bits per heavy atom. The van der Waals surface area contributed by atoms with Gasteiger partial charge in [-0.2, -0.15) is 0 Å². The second-order valence-electron chi connectivity index (χ2n) is 5.18. The Bertz CT molecular complexity index is 740. The predicted octanol–water partition coefficient (Wildman–Crippen LogP) is 2.54. The normalized spacial score (nSPS) is 13.6. The molecule has 0 aromatic heterocycles. The Labute approximate surface area is 132 Å². The fourth-order valence-corrected chi connectivity index (χ4v) is 2.59. The molecule has 0 amide bonds. The number of rotatable bonds is 5. The average Bonchev–Trinajstić information content (AvgIpc) is 3.01. The number of hydrogen-bond acceptors (Lipinski definition) is 5. The van der Waals surface area contributed by atoms with E-state index in [1.807, 2.05) is 0 Å². The fourth-order valence-electron chi connectivity index (χ4n) is 2.59. The van der Waals surface area contributed by atoms with E-state index in [-0.39, 0.29) is 19.0 Å². The highest BCUT2D eigenvalue weighted by Crippen LogP contribution is 2.37. The molecule has 1 aliphatic rings. The molecule has 0 radical (unpaired) electrons. The van der Waals surface area contributed by atoms with E-state index < -0.39 is 11.9 Å². The van der Waals surface area contributed by atoms with Gasteiger partial charge in [0, 0.05) is 0 Å². The van der Waals surface area contributed by atoms with Gasteiger partial charge in [-0.3, -0.25) is 4.79 Å². The summed E-state index contributed by atoms with van der Waals surface area (Å²) in [6.07, 6.45) is 0.137. The van der Waals surface area contributed by atoms with E-state index in [1.165, 1.54) is 7.11 Å². The maximum Gasteiger partial charge on any atom is 0.311 e. The van der Waals surface area contributed by atoms with Crippen LogP contribution in [0.4, 0.5) is 0 Å².